The van der Waals surface area contributed by atoms with Gasteiger partial charge in [0.05, 0.1) is 10.7 Å². The minimum atomic E-state index is 0.748. The molecule has 1 heterocycles. The zero-order chi connectivity index (χ0) is 12.4. The third-order valence-corrected chi connectivity index (χ3v) is 4.37. The van der Waals surface area contributed by atoms with Crippen molar-refractivity contribution >= 4 is 44.6 Å². The molecule has 1 nitrogen and oxygen atoms in total. The monoisotopic (exact) mass is 329 g/mol. The van der Waals surface area contributed by atoms with Gasteiger partial charge in [-0.15, -0.1) is 11.3 Å². The van der Waals surface area contributed by atoms with E-state index in [0.29, 0.717) is 0 Å². The Balaban J connectivity index is 2.12. The van der Waals surface area contributed by atoms with Gasteiger partial charge < -0.3 is 5.32 Å². The van der Waals surface area contributed by atoms with Gasteiger partial charge in [0.25, 0.3) is 0 Å². The van der Waals surface area contributed by atoms with Crippen LogP contribution < -0.4 is 5.32 Å². The second kappa shape index (κ2) is 5.42. The van der Waals surface area contributed by atoms with Crippen LogP contribution in [0.5, 0.6) is 0 Å². The van der Waals surface area contributed by atoms with Crippen LogP contribution in [-0.2, 0) is 6.54 Å². The highest BCUT2D eigenvalue weighted by Crippen LogP contribution is 2.27. The van der Waals surface area contributed by atoms with Gasteiger partial charge in [0.1, 0.15) is 0 Å². The van der Waals surface area contributed by atoms with Crippen LogP contribution in [0.1, 0.15) is 15.3 Å². The molecule has 0 radical (unpaired) electrons. The fourth-order valence-electron chi connectivity index (χ4n) is 1.68. The predicted molar refractivity (Wildman–Crippen MR) is 80.3 cm³/mol. The zero-order valence-corrected chi connectivity index (χ0v) is 12.8. The predicted octanol–water partition coefficient (Wildman–Crippen LogP) is 5.39. The highest BCUT2D eigenvalue weighted by Gasteiger charge is 2.04. The van der Waals surface area contributed by atoms with Crippen LogP contribution in [-0.4, -0.2) is 0 Å². The summed E-state index contributed by atoms with van der Waals surface area (Å²) < 4.78 is 1.03. The summed E-state index contributed by atoms with van der Waals surface area (Å²) in [6, 6.07) is 8.04. The number of halogens is 2. The Morgan fingerprint density at radius 3 is 2.71 bits per heavy atom. The molecule has 1 aromatic carbocycles. The van der Waals surface area contributed by atoms with Crippen molar-refractivity contribution in [2.75, 3.05) is 5.32 Å². The number of rotatable bonds is 3. The molecule has 2 rings (SSSR count). The lowest BCUT2D eigenvalue weighted by Gasteiger charge is -2.08. The van der Waals surface area contributed by atoms with E-state index in [4.69, 9.17) is 11.6 Å². The van der Waals surface area contributed by atoms with Crippen molar-refractivity contribution in [3.05, 3.63) is 49.1 Å². The van der Waals surface area contributed by atoms with E-state index < -0.39 is 0 Å². The molecule has 1 aromatic heterocycles. The molecular formula is C13H13BrClNS. The number of nitrogens with one attached hydrogen (secondary N) is 1. The Morgan fingerprint density at radius 1 is 1.29 bits per heavy atom. The van der Waals surface area contributed by atoms with Crippen LogP contribution in [0.25, 0.3) is 0 Å². The van der Waals surface area contributed by atoms with E-state index in [1.54, 1.807) is 0 Å². The van der Waals surface area contributed by atoms with Crippen LogP contribution in [0.2, 0.25) is 5.02 Å². The summed E-state index contributed by atoms with van der Waals surface area (Å²) >= 11 is 11.4. The van der Waals surface area contributed by atoms with E-state index in [2.05, 4.69) is 41.2 Å². The number of hydrogen-bond donors (Lipinski definition) is 1. The van der Waals surface area contributed by atoms with E-state index in [0.717, 1.165) is 21.7 Å². The second-order valence-corrected chi connectivity index (χ2v) is 6.70. The van der Waals surface area contributed by atoms with Gasteiger partial charge in [-0.3, -0.25) is 0 Å². The summed E-state index contributed by atoms with van der Waals surface area (Å²) in [6.07, 6.45) is 0. The Kier molecular flexibility index (Phi) is 4.13. The van der Waals surface area contributed by atoms with Crippen molar-refractivity contribution in [1.29, 1.82) is 0 Å². The molecular weight excluding hydrogens is 318 g/mol. The van der Waals surface area contributed by atoms with Gasteiger partial charge in [-0.25, -0.2) is 0 Å². The molecule has 0 saturated carbocycles. The first-order valence-corrected chi connectivity index (χ1v) is 7.30. The topological polar surface area (TPSA) is 12.0 Å². The van der Waals surface area contributed by atoms with E-state index >= 15 is 0 Å². The number of benzene rings is 1. The van der Waals surface area contributed by atoms with Gasteiger partial charge in [0, 0.05) is 20.8 Å². The molecule has 0 fully saturated rings. The molecule has 0 amide bonds. The number of anilines is 1. The van der Waals surface area contributed by atoms with Crippen LogP contribution in [0, 0.1) is 13.8 Å². The first kappa shape index (κ1) is 12.9. The minimum Gasteiger partial charge on any atom is -0.380 e. The third-order valence-electron chi connectivity index (χ3n) is 2.54. The van der Waals surface area contributed by atoms with Crippen LogP contribution in [0.15, 0.2) is 28.7 Å². The average molecular weight is 331 g/mol. The lowest BCUT2D eigenvalue weighted by Crippen LogP contribution is -1.99. The lowest BCUT2D eigenvalue weighted by atomic mass is 10.2. The Labute approximate surface area is 119 Å². The molecule has 90 valence electrons. The largest absolute Gasteiger partial charge is 0.380 e. The highest BCUT2D eigenvalue weighted by atomic mass is 79.9. The first-order valence-electron chi connectivity index (χ1n) is 5.31. The SMILES string of the molecule is Cc1cc(CNc2cc(Br)ccc2Cl)c(C)s1. The van der Waals surface area contributed by atoms with Gasteiger partial charge in [-0.1, -0.05) is 27.5 Å². The molecule has 0 bridgehead atoms. The van der Waals surface area contributed by atoms with Gasteiger partial charge in [-0.2, -0.15) is 0 Å². The van der Waals surface area contributed by atoms with Crippen molar-refractivity contribution < 1.29 is 0 Å². The Morgan fingerprint density at radius 2 is 2.06 bits per heavy atom. The summed E-state index contributed by atoms with van der Waals surface area (Å²) in [5.74, 6) is 0. The van der Waals surface area contributed by atoms with E-state index in [9.17, 15) is 0 Å². The maximum atomic E-state index is 6.13. The third kappa shape index (κ3) is 3.24. The molecule has 0 spiro atoms. The van der Waals surface area contributed by atoms with Gasteiger partial charge in [0.15, 0.2) is 0 Å². The molecule has 0 aliphatic heterocycles. The summed E-state index contributed by atoms with van der Waals surface area (Å²) in [5, 5.41) is 4.12. The molecule has 2 aromatic rings. The summed E-state index contributed by atoms with van der Waals surface area (Å²) in [5.41, 5.74) is 2.30. The maximum Gasteiger partial charge on any atom is 0.0638 e. The maximum absolute atomic E-state index is 6.13. The van der Waals surface area contributed by atoms with Crippen molar-refractivity contribution in [2.24, 2.45) is 0 Å². The fourth-order valence-corrected chi connectivity index (χ4v) is 3.17. The number of aryl methyl sites for hydroxylation is 2. The van der Waals surface area contributed by atoms with Crippen LogP contribution in [0.3, 0.4) is 0 Å². The van der Waals surface area contributed by atoms with Gasteiger partial charge in [0.2, 0.25) is 0 Å². The van der Waals surface area contributed by atoms with Crippen LogP contribution in [0.4, 0.5) is 5.69 Å². The van der Waals surface area contributed by atoms with Crippen molar-refractivity contribution in [3.63, 3.8) is 0 Å². The minimum absolute atomic E-state index is 0.748. The number of hydrogen-bond acceptors (Lipinski definition) is 2. The second-order valence-electron chi connectivity index (χ2n) is 3.92. The van der Waals surface area contributed by atoms with Crippen molar-refractivity contribution in [3.8, 4) is 0 Å². The highest BCUT2D eigenvalue weighted by molar-refractivity contribution is 9.10. The van der Waals surface area contributed by atoms with E-state index in [1.807, 2.05) is 29.5 Å². The van der Waals surface area contributed by atoms with E-state index in [-0.39, 0.29) is 0 Å². The first-order chi connectivity index (χ1) is 8.06. The smallest absolute Gasteiger partial charge is 0.0638 e. The lowest BCUT2D eigenvalue weighted by molar-refractivity contribution is 1.14. The zero-order valence-electron chi connectivity index (χ0n) is 9.68. The Bertz CT molecular complexity index is 536. The molecule has 0 aliphatic rings. The fraction of sp³-hybridized carbons (Fsp3) is 0.231. The quantitative estimate of drug-likeness (QED) is 0.795. The van der Waals surface area contributed by atoms with Crippen LogP contribution >= 0.6 is 38.9 Å². The standard InChI is InChI=1S/C13H13BrClNS/c1-8-5-10(9(2)17-8)7-16-13-6-11(14)3-4-12(13)15/h3-6,16H,7H2,1-2H3. The molecule has 0 saturated heterocycles. The average Bonchev–Trinajstić information content (AvgIpc) is 2.59. The summed E-state index contributed by atoms with van der Waals surface area (Å²) in [7, 11) is 0. The summed E-state index contributed by atoms with van der Waals surface area (Å²) in [6.45, 7) is 5.09. The molecule has 0 atom stereocenters. The van der Waals surface area contributed by atoms with Gasteiger partial charge in [-0.05, 0) is 43.7 Å². The molecule has 0 aliphatic carbocycles. The normalized spacial score (nSPS) is 10.6. The Hall–Kier alpha value is -0.510. The molecule has 0 unspecified atom stereocenters. The summed E-state index contributed by atoms with van der Waals surface area (Å²) in [4.78, 5) is 2.71. The molecule has 1 N–H and O–H groups in total. The van der Waals surface area contributed by atoms with Gasteiger partial charge >= 0.3 is 0 Å². The molecule has 17 heavy (non-hydrogen) atoms. The van der Waals surface area contributed by atoms with E-state index in [1.165, 1.54) is 15.3 Å². The number of thiophene rings is 1. The van der Waals surface area contributed by atoms with Crippen molar-refractivity contribution in [1.82, 2.24) is 0 Å². The van der Waals surface area contributed by atoms with Crippen molar-refractivity contribution in [2.45, 2.75) is 20.4 Å². The molecule has 4 heteroatoms.